The highest BCUT2D eigenvalue weighted by molar-refractivity contribution is 7.80. The minimum Gasteiger partial charge on any atom is -0.749 e. The van der Waals surface area contributed by atoms with Gasteiger partial charge < -0.3 is 9.08 Å². The van der Waals surface area contributed by atoms with E-state index in [0.29, 0.717) is 18.6 Å². The van der Waals surface area contributed by atoms with E-state index in [1.54, 1.807) is 24.3 Å². The molecule has 0 N–H and O–H groups in total. The van der Waals surface area contributed by atoms with Gasteiger partial charge in [-0.05, 0) is 31.9 Å². The average Bonchev–Trinajstić information content (AvgIpc) is 2.32. The Bertz CT molecular complexity index is 470. The van der Waals surface area contributed by atoms with Crippen molar-refractivity contribution < 1.29 is 21.8 Å². The first-order chi connectivity index (χ1) is 8.91. The lowest BCUT2D eigenvalue weighted by atomic mass is 10.2. The molecule has 0 bridgehead atoms. The molecule has 1 aromatic rings. The lowest BCUT2D eigenvalue weighted by molar-refractivity contribution is 0.354. The van der Waals surface area contributed by atoms with Gasteiger partial charge in [0.2, 0.25) is 0 Å². The Morgan fingerprint density at radius 3 is 2.21 bits per heavy atom. The summed E-state index contributed by atoms with van der Waals surface area (Å²) in [6.07, 6.45) is 1.02. The van der Waals surface area contributed by atoms with Gasteiger partial charge in [0.1, 0.15) is 5.75 Å². The largest absolute Gasteiger partial charge is 0.749 e. The molecule has 0 aliphatic heterocycles. The smallest absolute Gasteiger partial charge is 0.394 e. The fourth-order valence-electron chi connectivity index (χ4n) is 1.72. The summed E-state index contributed by atoms with van der Waals surface area (Å²) in [5.41, 5.74) is 0.574. The summed E-state index contributed by atoms with van der Waals surface area (Å²) in [5, 5.41) is 0. The van der Waals surface area contributed by atoms with Crippen LogP contribution in [0.4, 0.5) is 0 Å². The predicted octanol–water partition coefficient (Wildman–Crippen LogP) is 3.57. The van der Waals surface area contributed by atoms with Gasteiger partial charge in [0.25, 0.3) is 0 Å². The monoisotopic (exact) mass is 305 g/mol. The van der Waals surface area contributed by atoms with Crippen molar-refractivity contribution in [2.24, 2.45) is 0 Å². The van der Waals surface area contributed by atoms with Crippen molar-refractivity contribution in [2.45, 2.75) is 39.3 Å². The van der Waals surface area contributed by atoms with Crippen molar-refractivity contribution >= 4 is 19.0 Å². The Balaban J connectivity index is 3.00. The lowest BCUT2D eigenvalue weighted by Crippen LogP contribution is -2.14. The molecule has 0 aliphatic carbocycles. The van der Waals surface area contributed by atoms with Gasteiger partial charge in [-0.1, -0.05) is 31.5 Å². The molecule has 0 amide bonds. The van der Waals surface area contributed by atoms with Gasteiger partial charge in [-0.25, -0.2) is 12.7 Å². The molecule has 2 atom stereocenters. The molecular weight excluding hydrogens is 287 g/mol. The summed E-state index contributed by atoms with van der Waals surface area (Å²) in [5.74, 6) is 0.339. The third-order valence-electron chi connectivity index (χ3n) is 2.81. The Hall–Kier alpha value is -0.680. The van der Waals surface area contributed by atoms with Crippen molar-refractivity contribution in [1.29, 1.82) is 0 Å². The summed E-state index contributed by atoms with van der Waals surface area (Å²) < 4.78 is 44.0. The third-order valence-corrected chi connectivity index (χ3v) is 6.22. The molecule has 0 radical (unpaired) electrons. The van der Waals surface area contributed by atoms with Gasteiger partial charge in [0.15, 0.2) is 0 Å². The Morgan fingerprint density at radius 2 is 1.79 bits per heavy atom. The molecule has 19 heavy (non-hydrogen) atoms. The Labute approximate surface area is 116 Å². The van der Waals surface area contributed by atoms with E-state index < -0.39 is 24.6 Å². The molecule has 0 saturated heterocycles. The summed E-state index contributed by atoms with van der Waals surface area (Å²) in [4.78, 5) is 0. The van der Waals surface area contributed by atoms with E-state index in [-0.39, 0.29) is 0 Å². The Kier molecular flexibility index (Phi) is 6.20. The molecule has 2 unspecified atom stereocenters. The van der Waals surface area contributed by atoms with Crippen LogP contribution in [0.2, 0.25) is 0 Å². The average molecular weight is 305 g/mol. The van der Waals surface area contributed by atoms with Crippen molar-refractivity contribution in [3.8, 4) is 5.75 Å². The second kappa shape index (κ2) is 7.20. The number of hydrogen-bond donors (Lipinski definition) is 0. The van der Waals surface area contributed by atoms with Crippen LogP contribution in [0.3, 0.4) is 0 Å². The lowest BCUT2D eigenvalue weighted by Gasteiger charge is -2.25. The zero-order valence-electron chi connectivity index (χ0n) is 11.2. The van der Waals surface area contributed by atoms with E-state index in [9.17, 15) is 13.3 Å². The summed E-state index contributed by atoms with van der Waals surface area (Å²) in [7, 11) is -3.74. The van der Waals surface area contributed by atoms with Crippen LogP contribution in [-0.2, 0) is 19.9 Å². The first-order valence-electron chi connectivity index (χ1n) is 6.06. The maximum atomic E-state index is 12.6. The number of benzene rings is 1. The first kappa shape index (κ1) is 16.4. The van der Waals surface area contributed by atoms with Gasteiger partial charge in [-0.3, -0.25) is 0 Å². The van der Waals surface area contributed by atoms with Crippen LogP contribution < -0.4 is 4.52 Å². The van der Waals surface area contributed by atoms with E-state index in [1.165, 1.54) is 0 Å². The molecule has 0 saturated carbocycles. The highest BCUT2D eigenvalue weighted by Gasteiger charge is 2.36. The van der Waals surface area contributed by atoms with Crippen LogP contribution in [0, 0.1) is 6.92 Å². The maximum Gasteiger partial charge on any atom is 0.394 e. The van der Waals surface area contributed by atoms with Crippen LogP contribution in [0.25, 0.3) is 0 Å². The number of hydrogen-bond acceptors (Lipinski definition) is 5. The van der Waals surface area contributed by atoms with Crippen molar-refractivity contribution in [1.82, 2.24) is 0 Å². The van der Waals surface area contributed by atoms with E-state index in [0.717, 1.165) is 5.56 Å². The fourth-order valence-corrected chi connectivity index (χ4v) is 4.46. The third kappa shape index (κ3) is 4.73. The van der Waals surface area contributed by atoms with Crippen LogP contribution in [-0.4, -0.2) is 14.4 Å². The Morgan fingerprint density at radius 1 is 1.26 bits per heavy atom. The first-order valence-corrected chi connectivity index (χ1v) is 8.67. The normalized spacial score (nSPS) is 16.1. The highest BCUT2D eigenvalue weighted by Crippen LogP contribution is 2.55. The number of aryl methyl sites for hydroxylation is 1. The van der Waals surface area contributed by atoms with Gasteiger partial charge in [0, 0.05) is 0 Å². The molecule has 7 heteroatoms. The van der Waals surface area contributed by atoms with Crippen LogP contribution in [0.5, 0.6) is 5.75 Å². The fraction of sp³-hybridized carbons (Fsp3) is 0.500. The predicted molar refractivity (Wildman–Crippen MR) is 73.8 cm³/mol. The molecule has 0 aliphatic rings. The molecule has 0 fully saturated rings. The molecule has 0 spiro atoms. The zero-order valence-corrected chi connectivity index (χ0v) is 12.9. The molecular formula is C12H18O5PS-. The summed E-state index contributed by atoms with van der Waals surface area (Å²) >= 11 is -2.87. The van der Waals surface area contributed by atoms with Crippen LogP contribution >= 0.6 is 7.60 Å². The van der Waals surface area contributed by atoms with Crippen LogP contribution in [0.1, 0.15) is 32.3 Å². The van der Waals surface area contributed by atoms with Crippen molar-refractivity contribution in [2.75, 3.05) is 0 Å². The van der Waals surface area contributed by atoms with Gasteiger partial charge >= 0.3 is 7.60 Å². The molecule has 1 aromatic carbocycles. The van der Waals surface area contributed by atoms with Crippen molar-refractivity contribution in [3.63, 3.8) is 0 Å². The topological polar surface area (TPSA) is 75.7 Å². The second-order valence-electron chi connectivity index (χ2n) is 4.19. The molecule has 108 valence electrons. The van der Waals surface area contributed by atoms with Gasteiger partial charge in [0.05, 0.1) is 17.0 Å². The number of rotatable bonds is 7. The highest BCUT2D eigenvalue weighted by atomic mass is 32.2. The van der Waals surface area contributed by atoms with E-state index in [1.807, 2.05) is 20.8 Å². The molecule has 5 nitrogen and oxygen atoms in total. The van der Waals surface area contributed by atoms with Crippen molar-refractivity contribution in [3.05, 3.63) is 29.8 Å². The van der Waals surface area contributed by atoms with E-state index in [2.05, 4.69) is 3.97 Å². The minimum absolute atomic E-state index is 0.339. The van der Waals surface area contributed by atoms with E-state index in [4.69, 9.17) is 4.52 Å². The standard InChI is InChI=1S/C12H19O5PS/c1-4-12(5-2)18(13,17-19(14)15)16-11-8-6-10(3)7-9-11/h6-9,12H,4-5H2,1-3H3,(H,14,15)/p-1. The van der Waals surface area contributed by atoms with Gasteiger partial charge in [-0.15, -0.1) is 0 Å². The summed E-state index contributed by atoms with van der Waals surface area (Å²) in [6, 6.07) is 6.87. The molecule has 0 aromatic heterocycles. The quantitative estimate of drug-likeness (QED) is 0.568. The zero-order chi connectivity index (χ0) is 14.5. The second-order valence-corrected chi connectivity index (χ2v) is 7.19. The SMILES string of the molecule is CCC(CC)P(=O)(Oc1ccc(C)cc1)OS(=O)[O-]. The molecule has 1 rings (SSSR count). The van der Waals surface area contributed by atoms with E-state index >= 15 is 0 Å². The maximum absolute atomic E-state index is 12.6. The summed E-state index contributed by atoms with van der Waals surface area (Å²) in [6.45, 7) is 5.54. The van der Waals surface area contributed by atoms with Crippen LogP contribution in [0.15, 0.2) is 24.3 Å². The molecule has 0 heterocycles. The minimum atomic E-state index is -3.74. The van der Waals surface area contributed by atoms with Gasteiger partial charge in [-0.2, -0.15) is 0 Å².